The van der Waals surface area contributed by atoms with Gasteiger partial charge in [-0.15, -0.1) is 18.2 Å². The number of thioether (sulfide) groups is 1. The van der Waals surface area contributed by atoms with E-state index in [2.05, 4.69) is 11.2 Å². The molecular weight excluding hydrogens is 246 g/mol. The van der Waals surface area contributed by atoms with Gasteiger partial charge in [-0.3, -0.25) is 9.59 Å². The van der Waals surface area contributed by atoms with Crippen LogP contribution in [-0.4, -0.2) is 23.5 Å². The third-order valence-corrected chi connectivity index (χ3v) is 3.42. The van der Waals surface area contributed by atoms with E-state index in [4.69, 9.17) is 6.42 Å². The van der Waals surface area contributed by atoms with E-state index in [1.54, 1.807) is 12.1 Å². The summed E-state index contributed by atoms with van der Waals surface area (Å²) in [5, 5.41) is 2.41. The van der Waals surface area contributed by atoms with Gasteiger partial charge in [-0.1, -0.05) is 18.1 Å². The van der Waals surface area contributed by atoms with Gasteiger partial charge in [0.25, 0.3) is 0 Å². The average molecular weight is 261 g/mol. The van der Waals surface area contributed by atoms with E-state index in [-0.39, 0.29) is 23.5 Å². The summed E-state index contributed by atoms with van der Waals surface area (Å²) < 4.78 is 0. The molecule has 0 spiro atoms. The van der Waals surface area contributed by atoms with Gasteiger partial charge >= 0.3 is 0 Å². The molecule has 0 aliphatic rings. The number of carbonyl (C=O) groups excluding carboxylic acids is 2. The van der Waals surface area contributed by atoms with Crippen LogP contribution in [0.5, 0.6) is 0 Å². The van der Waals surface area contributed by atoms with Crippen molar-refractivity contribution in [3.05, 3.63) is 29.8 Å². The fourth-order valence-electron chi connectivity index (χ4n) is 1.31. The van der Waals surface area contributed by atoms with Crippen LogP contribution >= 0.6 is 11.8 Å². The molecule has 0 aliphatic carbocycles. The Balaban J connectivity index is 2.59. The van der Waals surface area contributed by atoms with Gasteiger partial charge in [0.1, 0.15) is 0 Å². The smallest absolute Gasteiger partial charge is 0.233 e. The minimum Gasteiger partial charge on any atom is -0.344 e. The molecule has 0 saturated heterocycles. The summed E-state index contributed by atoms with van der Waals surface area (Å²) in [6, 6.07) is 7.20. The van der Waals surface area contributed by atoms with Crippen molar-refractivity contribution in [2.24, 2.45) is 0 Å². The number of hydrogen-bond acceptors (Lipinski definition) is 3. The van der Waals surface area contributed by atoms with Crippen molar-refractivity contribution >= 4 is 23.5 Å². The third kappa shape index (κ3) is 4.27. The van der Waals surface area contributed by atoms with Gasteiger partial charge in [-0.05, 0) is 26.0 Å². The van der Waals surface area contributed by atoms with Gasteiger partial charge in [0.15, 0.2) is 5.78 Å². The van der Waals surface area contributed by atoms with E-state index in [0.717, 1.165) is 4.90 Å². The molecule has 1 aromatic carbocycles. The molecule has 0 aliphatic heterocycles. The zero-order valence-electron chi connectivity index (χ0n) is 10.4. The average Bonchev–Trinajstić information content (AvgIpc) is 2.36. The molecule has 0 saturated carbocycles. The third-order valence-electron chi connectivity index (χ3n) is 2.31. The maximum Gasteiger partial charge on any atom is 0.233 e. The highest BCUT2D eigenvalue weighted by Crippen LogP contribution is 2.23. The summed E-state index contributed by atoms with van der Waals surface area (Å²) in [5.41, 5.74) is 0.670. The van der Waals surface area contributed by atoms with E-state index in [1.165, 1.54) is 18.7 Å². The highest BCUT2D eigenvalue weighted by atomic mass is 32.2. The van der Waals surface area contributed by atoms with Crippen LogP contribution in [-0.2, 0) is 4.79 Å². The second kappa shape index (κ2) is 6.87. The zero-order valence-corrected chi connectivity index (χ0v) is 11.2. The standard InChI is InChI=1S/C14H15NO2S/c1-4-9-15-14(17)11(3)18-13-7-5-12(6-8-13)10(2)16/h1,5-8,11H,9H2,2-3H3,(H,15,17). The maximum absolute atomic E-state index is 11.6. The van der Waals surface area contributed by atoms with Crippen LogP contribution in [0.25, 0.3) is 0 Å². The largest absolute Gasteiger partial charge is 0.344 e. The number of carbonyl (C=O) groups is 2. The number of benzene rings is 1. The van der Waals surface area contributed by atoms with Crippen LogP contribution in [0.4, 0.5) is 0 Å². The van der Waals surface area contributed by atoms with Crippen molar-refractivity contribution in [1.82, 2.24) is 5.32 Å². The van der Waals surface area contributed by atoms with Crippen LogP contribution in [0.15, 0.2) is 29.2 Å². The van der Waals surface area contributed by atoms with Gasteiger partial charge in [0.05, 0.1) is 11.8 Å². The van der Waals surface area contributed by atoms with Gasteiger partial charge in [0.2, 0.25) is 5.91 Å². The quantitative estimate of drug-likeness (QED) is 0.502. The van der Waals surface area contributed by atoms with Crippen molar-refractivity contribution in [1.29, 1.82) is 0 Å². The number of hydrogen-bond donors (Lipinski definition) is 1. The molecular formula is C14H15NO2S. The Bertz CT molecular complexity index is 474. The Kier molecular flexibility index (Phi) is 5.47. The second-order valence-electron chi connectivity index (χ2n) is 3.76. The Labute approximate surface area is 111 Å². The lowest BCUT2D eigenvalue weighted by molar-refractivity contribution is -0.120. The SMILES string of the molecule is C#CCNC(=O)C(C)Sc1ccc(C(C)=O)cc1. The van der Waals surface area contributed by atoms with Gasteiger partial charge < -0.3 is 5.32 Å². The highest BCUT2D eigenvalue weighted by Gasteiger charge is 2.13. The van der Waals surface area contributed by atoms with Gasteiger partial charge in [-0.2, -0.15) is 0 Å². The van der Waals surface area contributed by atoms with E-state index in [0.29, 0.717) is 5.56 Å². The highest BCUT2D eigenvalue weighted by molar-refractivity contribution is 8.00. The van der Waals surface area contributed by atoms with E-state index in [9.17, 15) is 9.59 Å². The second-order valence-corrected chi connectivity index (χ2v) is 5.18. The summed E-state index contributed by atoms with van der Waals surface area (Å²) in [5.74, 6) is 2.30. The monoisotopic (exact) mass is 261 g/mol. The predicted molar refractivity (Wildman–Crippen MR) is 73.6 cm³/mol. The molecule has 0 fully saturated rings. The van der Waals surface area contributed by atoms with Gasteiger partial charge in [-0.25, -0.2) is 0 Å². The summed E-state index contributed by atoms with van der Waals surface area (Å²) in [6.07, 6.45) is 5.07. The lowest BCUT2D eigenvalue weighted by Gasteiger charge is -2.10. The first-order valence-corrected chi connectivity index (χ1v) is 6.41. The number of ketones is 1. The minimum absolute atomic E-state index is 0.0337. The molecule has 18 heavy (non-hydrogen) atoms. The lowest BCUT2D eigenvalue weighted by Crippen LogP contribution is -2.30. The molecule has 0 aromatic heterocycles. The molecule has 0 radical (unpaired) electrons. The van der Waals surface area contributed by atoms with Crippen LogP contribution in [0.3, 0.4) is 0 Å². The normalized spacial score (nSPS) is 11.4. The lowest BCUT2D eigenvalue weighted by atomic mass is 10.2. The summed E-state index contributed by atoms with van der Waals surface area (Å²) in [6.45, 7) is 3.58. The number of rotatable bonds is 5. The van der Waals surface area contributed by atoms with Crippen molar-refractivity contribution < 1.29 is 9.59 Å². The Morgan fingerprint density at radius 2 is 2.00 bits per heavy atom. The topological polar surface area (TPSA) is 46.2 Å². The first-order valence-electron chi connectivity index (χ1n) is 5.53. The summed E-state index contributed by atoms with van der Waals surface area (Å²) in [4.78, 5) is 23.7. The van der Waals surface area contributed by atoms with E-state index in [1.807, 2.05) is 19.1 Å². The number of nitrogens with one attached hydrogen (secondary N) is 1. The first kappa shape index (κ1) is 14.3. The Morgan fingerprint density at radius 1 is 1.39 bits per heavy atom. The molecule has 1 atom stereocenters. The van der Waals surface area contributed by atoms with Crippen molar-refractivity contribution in [3.8, 4) is 12.3 Å². The minimum atomic E-state index is -0.221. The maximum atomic E-state index is 11.6. The molecule has 0 heterocycles. The predicted octanol–water partition coefficient (Wildman–Crippen LogP) is 2.12. The molecule has 1 amide bonds. The molecule has 1 unspecified atom stereocenters. The molecule has 3 nitrogen and oxygen atoms in total. The molecule has 94 valence electrons. The first-order chi connectivity index (χ1) is 8.54. The molecule has 1 aromatic rings. The molecule has 0 bridgehead atoms. The fraction of sp³-hybridized carbons (Fsp3) is 0.286. The molecule has 1 rings (SSSR count). The number of terminal acetylenes is 1. The summed E-state index contributed by atoms with van der Waals surface area (Å²) >= 11 is 1.43. The molecule has 4 heteroatoms. The fourth-order valence-corrected chi connectivity index (χ4v) is 2.20. The van der Waals surface area contributed by atoms with E-state index < -0.39 is 0 Å². The van der Waals surface area contributed by atoms with Crippen LogP contribution < -0.4 is 5.32 Å². The Morgan fingerprint density at radius 3 is 2.50 bits per heavy atom. The van der Waals surface area contributed by atoms with Crippen LogP contribution in [0.1, 0.15) is 24.2 Å². The van der Waals surface area contributed by atoms with Crippen molar-refractivity contribution in [2.75, 3.05) is 6.54 Å². The van der Waals surface area contributed by atoms with Gasteiger partial charge in [0, 0.05) is 10.5 Å². The van der Waals surface area contributed by atoms with Crippen LogP contribution in [0.2, 0.25) is 0 Å². The number of amides is 1. The zero-order chi connectivity index (χ0) is 13.5. The van der Waals surface area contributed by atoms with Crippen molar-refractivity contribution in [2.45, 2.75) is 24.0 Å². The Hall–Kier alpha value is -1.73. The summed E-state index contributed by atoms with van der Waals surface area (Å²) in [7, 11) is 0. The van der Waals surface area contributed by atoms with Crippen molar-refractivity contribution in [3.63, 3.8) is 0 Å². The number of Topliss-reactive ketones (excluding diaryl/α,β-unsaturated/α-hetero) is 1. The van der Waals surface area contributed by atoms with Crippen LogP contribution in [0, 0.1) is 12.3 Å². The van der Waals surface area contributed by atoms with E-state index >= 15 is 0 Å². The molecule has 1 N–H and O–H groups in total.